The molecule has 0 spiro atoms. The average molecular weight is 229 g/mol. The maximum Gasteiger partial charge on any atom is 0.328 e. The molecule has 1 aromatic carbocycles. The third-order valence-corrected chi connectivity index (χ3v) is 2.35. The van der Waals surface area contributed by atoms with Crippen molar-refractivity contribution in [2.45, 2.75) is 6.92 Å². The Hall–Kier alpha value is -2.36. The van der Waals surface area contributed by atoms with Gasteiger partial charge in [0.2, 0.25) is 0 Å². The molecule has 0 aliphatic heterocycles. The SMILES string of the molecule is Cc1onc(-c2ccccc2)c1/C=C/C(=O)O. The van der Waals surface area contributed by atoms with Gasteiger partial charge in [-0.05, 0) is 13.0 Å². The van der Waals surface area contributed by atoms with Crippen LogP contribution in [0.2, 0.25) is 0 Å². The van der Waals surface area contributed by atoms with E-state index in [2.05, 4.69) is 5.16 Å². The molecule has 0 saturated carbocycles. The van der Waals surface area contributed by atoms with E-state index in [9.17, 15) is 4.79 Å². The second kappa shape index (κ2) is 4.65. The molecule has 2 aromatic rings. The number of benzene rings is 1. The molecular formula is C13H11NO3. The maximum atomic E-state index is 10.5. The van der Waals surface area contributed by atoms with Crippen molar-refractivity contribution in [1.82, 2.24) is 5.16 Å². The summed E-state index contributed by atoms with van der Waals surface area (Å²) in [6, 6.07) is 9.49. The molecule has 4 heteroatoms. The highest BCUT2D eigenvalue weighted by Crippen LogP contribution is 2.25. The smallest absolute Gasteiger partial charge is 0.328 e. The van der Waals surface area contributed by atoms with Gasteiger partial charge >= 0.3 is 5.97 Å². The third kappa shape index (κ3) is 2.42. The van der Waals surface area contributed by atoms with Crippen LogP contribution in [0.4, 0.5) is 0 Å². The summed E-state index contributed by atoms with van der Waals surface area (Å²) in [6.45, 7) is 1.75. The summed E-state index contributed by atoms with van der Waals surface area (Å²) in [5.41, 5.74) is 2.24. The van der Waals surface area contributed by atoms with Gasteiger partial charge in [0.25, 0.3) is 0 Å². The molecule has 0 aliphatic rings. The van der Waals surface area contributed by atoms with Crippen molar-refractivity contribution in [2.24, 2.45) is 0 Å². The van der Waals surface area contributed by atoms with Gasteiger partial charge in [-0.3, -0.25) is 0 Å². The number of nitrogens with zero attached hydrogens (tertiary/aromatic N) is 1. The van der Waals surface area contributed by atoms with Gasteiger partial charge in [0.1, 0.15) is 11.5 Å². The summed E-state index contributed by atoms with van der Waals surface area (Å²) in [5, 5.41) is 12.6. The standard InChI is InChI=1S/C13H11NO3/c1-9-11(7-8-12(15)16)13(14-17-9)10-5-3-2-4-6-10/h2-8H,1H3,(H,15,16)/b8-7+. The van der Waals surface area contributed by atoms with Crippen molar-refractivity contribution in [3.05, 3.63) is 47.7 Å². The van der Waals surface area contributed by atoms with E-state index in [1.807, 2.05) is 30.3 Å². The van der Waals surface area contributed by atoms with Crippen LogP contribution in [0.25, 0.3) is 17.3 Å². The minimum absolute atomic E-state index is 0.598. The first kappa shape index (κ1) is 11.1. The van der Waals surface area contributed by atoms with Crippen molar-refractivity contribution >= 4 is 12.0 Å². The molecule has 0 saturated heterocycles. The Balaban J connectivity index is 2.46. The van der Waals surface area contributed by atoms with Gasteiger partial charge in [0, 0.05) is 17.2 Å². The maximum absolute atomic E-state index is 10.5. The molecule has 0 unspecified atom stereocenters. The molecule has 1 heterocycles. The van der Waals surface area contributed by atoms with Crippen LogP contribution in [0.1, 0.15) is 11.3 Å². The number of rotatable bonds is 3. The number of hydrogen-bond acceptors (Lipinski definition) is 3. The van der Waals surface area contributed by atoms with Gasteiger partial charge in [-0.2, -0.15) is 0 Å². The summed E-state index contributed by atoms with van der Waals surface area (Å²) in [4.78, 5) is 10.5. The minimum Gasteiger partial charge on any atom is -0.478 e. The first-order valence-corrected chi connectivity index (χ1v) is 5.11. The summed E-state index contributed by atoms with van der Waals surface area (Å²) >= 11 is 0. The van der Waals surface area contributed by atoms with Crippen LogP contribution in [0.15, 0.2) is 40.9 Å². The van der Waals surface area contributed by atoms with Crippen molar-refractivity contribution < 1.29 is 14.4 Å². The Kier molecular flexibility index (Phi) is 3.05. The first-order valence-electron chi connectivity index (χ1n) is 5.11. The fourth-order valence-corrected chi connectivity index (χ4v) is 1.53. The van der Waals surface area contributed by atoms with E-state index in [0.717, 1.165) is 11.6 Å². The quantitative estimate of drug-likeness (QED) is 0.822. The van der Waals surface area contributed by atoms with E-state index in [4.69, 9.17) is 9.63 Å². The lowest BCUT2D eigenvalue weighted by Crippen LogP contribution is -1.87. The molecule has 4 nitrogen and oxygen atoms in total. The zero-order valence-corrected chi connectivity index (χ0v) is 9.25. The topological polar surface area (TPSA) is 63.3 Å². The number of hydrogen-bond donors (Lipinski definition) is 1. The van der Waals surface area contributed by atoms with E-state index in [0.29, 0.717) is 17.0 Å². The predicted octanol–water partition coefficient (Wildman–Crippen LogP) is 2.75. The van der Waals surface area contributed by atoms with E-state index in [-0.39, 0.29) is 0 Å². The Morgan fingerprint density at radius 1 is 1.35 bits per heavy atom. The number of aryl methyl sites for hydroxylation is 1. The van der Waals surface area contributed by atoms with Crippen LogP contribution in [0.3, 0.4) is 0 Å². The zero-order chi connectivity index (χ0) is 12.3. The number of carboxylic acids is 1. The molecule has 0 radical (unpaired) electrons. The van der Waals surface area contributed by atoms with Crippen molar-refractivity contribution in [2.75, 3.05) is 0 Å². The van der Waals surface area contributed by atoms with Gasteiger partial charge < -0.3 is 9.63 Å². The molecule has 2 rings (SSSR count). The van der Waals surface area contributed by atoms with Crippen molar-refractivity contribution in [1.29, 1.82) is 0 Å². The Morgan fingerprint density at radius 2 is 2.06 bits per heavy atom. The zero-order valence-electron chi connectivity index (χ0n) is 9.25. The molecule has 0 aliphatic carbocycles. The van der Waals surface area contributed by atoms with Crippen LogP contribution < -0.4 is 0 Å². The molecule has 1 N–H and O–H groups in total. The molecule has 0 amide bonds. The molecule has 17 heavy (non-hydrogen) atoms. The lowest BCUT2D eigenvalue weighted by Gasteiger charge is -1.96. The Labute approximate surface area is 98.2 Å². The van der Waals surface area contributed by atoms with E-state index < -0.39 is 5.97 Å². The second-order valence-corrected chi connectivity index (χ2v) is 3.54. The highest BCUT2D eigenvalue weighted by molar-refractivity contribution is 5.87. The number of aromatic nitrogens is 1. The average Bonchev–Trinajstić information content (AvgIpc) is 2.69. The summed E-state index contributed by atoms with van der Waals surface area (Å²) in [6.07, 6.45) is 2.57. The Morgan fingerprint density at radius 3 is 2.71 bits per heavy atom. The molecule has 0 fully saturated rings. The van der Waals surface area contributed by atoms with Crippen LogP contribution in [0, 0.1) is 6.92 Å². The summed E-state index contributed by atoms with van der Waals surface area (Å²) in [5.74, 6) is -0.397. The summed E-state index contributed by atoms with van der Waals surface area (Å²) in [7, 11) is 0. The number of carboxylic acid groups (broad SMARTS) is 1. The van der Waals surface area contributed by atoms with E-state index in [1.54, 1.807) is 6.92 Å². The largest absolute Gasteiger partial charge is 0.478 e. The monoisotopic (exact) mass is 229 g/mol. The van der Waals surface area contributed by atoms with Crippen LogP contribution in [-0.4, -0.2) is 16.2 Å². The lowest BCUT2D eigenvalue weighted by atomic mass is 10.1. The van der Waals surface area contributed by atoms with E-state index >= 15 is 0 Å². The fourth-order valence-electron chi connectivity index (χ4n) is 1.53. The van der Waals surface area contributed by atoms with E-state index in [1.165, 1.54) is 6.08 Å². The highest BCUT2D eigenvalue weighted by atomic mass is 16.5. The van der Waals surface area contributed by atoms with Crippen molar-refractivity contribution in [3.8, 4) is 11.3 Å². The molecule has 0 atom stereocenters. The lowest BCUT2D eigenvalue weighted by molar-refractivity contribution is -0.131. The van der Waals surface area contributed by atoms with Crippen LogP contribution in [-0.2, 0) is 4.79 Å². The molecule has 0 bridgehead atoms. The van der Waals surface area contributed by atoms with Gasteiger partial charge in [-0.25, -0.2) is 4.79 Å². The van der Waals surface area contributed by atoms with Crippen LogP contribution in [0.5, 0.6) is 0 Å². The fraction of sp³-hybridized carbons (Fsp3) is 0.0769. The van der Waals surface area contributed by atoms with Crippen LogP contribution >= 0.6 is 0 Å². The highest BCUT2D eigenvalue weighted by Gasteiger charge is 2.11. The van der Waals surface area contributed by atoms with Gasteiger partial charge in [-0.1, -0.05) is 35.5 Å². The number of carbonyl (C=O) groups is 1. The first-order chi connectivity index (χ1) is 8.18. The molecular weight excluding hydrogens is 218 g/mol. The summed E-state index contributed by atoms with van der Waals surface area (Å²) < 4.78 is 5.09. The Bertz CT molecular complexity index is 555. The van der Waals surface area contributed by atoms with Crippen molar-refractivity contribution in [3.63, 3.8) is 0 Å². The third-order valence-electron chi connectivity index (χ3n) is 2.35. The normalized spacial score (nSPS) is 10.9. The van der Waals surface area contributed by atoms with Gasteiger partial charge in [-0.15, -0.1) is 0 Å². The predicted molar refractivity (Wildman–Crippen MR) is 63.3 cm³/mol. The number of aliphatic carboxylic acids is 1. The minimum atomic E-state index is -0.996. The van der Waals surface area contributed by atoms with Gasteiger partial charge in [0.15, 0.2) is 0 Å². The second-order valence-electron chi connectivity index (χ2n) is 3.54. The molecule has 86 valence electrons. The molecule has 1 aromatic heterocycles. The van der Waals surface area contributed by atoms with Gasteiger partial charge in [0.05, 0.1) is 0 Å².